The molecule has 3 N–H and O–H groups in total. The molecule has 2 amide bonds. The predicted molar refractivity (Wildman–Crippen MR) is 85.5 cm³/mol. The average molecular weight is 361 g/mol. The number of carbonyl (C=O) groups is 2. The molecule has 1 atom stereocenters. The zero-order chi connectivity index (χ0) is 15.1. The predicted octanol–water partition coefficient (Wildman–Crippen LogP) is 3.09. The van der Waals surface area contributed by atoms with E-state index in [0.29, 0.717) is 17.9 Å². The Labute approximate surface area is 130 Å². The number of nitrogens with one attached hydrogen (secondary N) is 2. The second kappa shape index (κ2) is 8.16. The van der Waals surface area contributed by atoms with Gasteiger partial charge in [0.05, 0.1) is 5.69 Å². The molecule has 0 aliphatic carbocycles. The number of halogens is 1. The summed E-state index contributed by atoms with van der Waals surface area (Å²) in [6.45, 7) is 1.94. The van der Waals surface area contributed by atoms with Crippen molar-refractivity contribution in [3.8, 4) is 0 Å². The van der Waals surface area contributed by atoms with Gasteiger partial charge < -0.3 is 15.7 Å². The molecule has 0 bridgehead atoms. The molecular formula is C13H17BrN2O3S. The Kier molecular flexibility index (Phi) is 6.87. The Bertz CT molecular complexity index is 497. The first kappa shape index (κ1) is 16.8. The van der Waals surface area contributed by atoms with Crippen LogP contribution >= 0.6 is 27.7 Å². The van der Waals surface area contributed by atoms with Gasteiger partial charge in [-0.15, -0.1) is 0 Å². The molecule has 5 nitrogen and oxygen atoms in total. The molecule has 1 aromatic rings. The number of urea groups is 1. The van der Waals surface area contributed by atoms with Crippen molar-refractivity contribution in [2.45, 2.75) is 19.4 Å². The molecular weight excluding hydrogens is 344 g/mol. The van der Waals surface area contributed by atoms with Crippen LogP contribution in [0.15, 0.2) is 22.7 Å². The normalized spacial score (nSPS) is 11.8. The van der Waals surface area contributed by atoms with Crippen LogP contribution in [0.4, 0.5) is 10.5 Å². The SMILES string of the molecule is CSCCC(NC(=O)Nc1ccc(C)cc1Br)C(=O)O. The van der Waals surface area contributed by atoms with Crippen LogP contribution in [0.2, 0.25) is 0 Å². The van der Waals surface area contributed by atoms with E-state index in [1.54, 1.807) is 6.07 Å². The Hall–Kier alpha value is -1.21. The van der Waals surface area contributed by atoms with Crippen molar-refractivity contribution in [2.75, 3.05) is 17.3 Å². The van der Waals surface area contributed by atoms with Crippen LogP contribution in [-0.2, 0) is 4.79 Å². The van der Waals surface area contributed by atoms with E-state index in [1.165, 1.54) is 11.8 Å². The Morgan fingerprint density at radius 1 is 1.45 bits per heavy atom. The number of hydrogen-bond acceptors (Lipinski definition) is 3. The van der Waals surface area contributed by atoms with Crippen LogP contribution < -0.4 is 10.6 Å². The highest BCUT2D eigenvalue weighted by molar-refractivity contribution is 9.10. The van der Waals surface area contributed by atoms with Gasteiger partial charge in [0.1, 0.15) is 6.04 Å². The number of thioether (sulfide) groups is 1. The summed E-state index contributed by atoms with van der Waals surface area (Å²) < 4.78 is 0.753. The fourth-order valence-electron chi connectivity index (χ4n) is 1.53. The van der Waals surface area contributed by atoms with Gasteiger partial charge in [0, 0.05) is 4.47 Å². The van der Waals surface area contributed by atoms with Gasteiger partial charge in [-0.25, -0.2) is 9.59 Å². The quantitative estimate of drug-likeness (QED) is 0.728. The van der Waals surface area contributed by atoms with Crippen molar-refractivity contribution in [3.63, 3.8) is 0 Å². The van der Waals surface area contributed by atoms with E-state index in [1.807, 2.05) is 25.3 Å². The van der Waals surface area contributed by atoms with Crippen LogP contribution in [0.25, 0.3) is 0 Å². The zero-order valence-corrected chi connectivity index (χ0v) is 13.7. The van der Waals surface area contributed by atoms with E-state index in [2.05, 4.69) is 26.6 Å². The van der Waals surface area contributed by atoms with Crippen molar-refractivity contribution in [1.82, 2.24) is 5.32 Å². The van der Waals surface area contributed by atoms with Crippen LogP contribution in [0.1, 0.15) is 12.0 Å². The summed E-state index contributed by atoms with van der Waals surface area (Å²) in [7, 11) is 0. The number of aryl methyl sites for hydroxylation is 1. The number of anilines is 1. The third-order valence-corrected chi connectivity index (χ3v) is 3.89. The topological polar surface area (TPSA) is 78.4 Å². The molecule has 0 aromatic heterocycles. The van der Waals surface area contributed by atoms with E-state index in [0.717, 1.165) is 10.0 Å². The summed E-state index contributed by atoms with van der Waals surface area (Å²) >= 11 is 4.89. The Balaban J connectivity index is 2.63. The summed E-state index contributed by atoms with van der Waals surface area (Å²) in [5, 5.41) is 14.1. The van der Waals surface area contributed by atoms with Crippen LogP contribution in [-0.4, -0.2) is 35.2 Å². The Morgan fingerprint density at radius 2 is 2.15 bits per heavy atom. The molecule has 0 fully saturated rings. The van der Waals surface area contributed by atoms with Gasteiger partial charge in [0.2, 0.25) is 0 Å². The Morgan fingerprint density at radius 3 is 2.70 bits per heavy atom. The van der Waals surface area contributed by atoms with Gasteiger partial charge >= 0.3 is 12.0 Å². The maximum absolute atomic E-state index is 11.8. The molecule has 1 unspecified atom stereocenters. The summed E-state index contributed by atoms with van der Waals surface area (Å²) in [5.41, 5.74) is 1.66. The smallest absolute Gasteiger partial charge is 0.326 e. The summed E-state index contributed by atoms with van der Waals surface area (Å²) in [5.74, 6) is -0.358. The minimum Gasteiger partial charge on any atom is -0.480 e. The van der Waals surface area contributed by atoms with E-state index in [-0.39, 0.29) is 0 Å². The minimum atomic E-state index is -1.03. The highest BCUT2D eigenvalue weighted by Gasteiger charge is 2.19. The number of carboxylic acids is 1. The standard InChI is InChI=1S/C13H17BrN2O3S/c1-8-3-4-10(9(14)7-8)15-13(19)16-11(12(17)18)5-6-20-2/h3-4,7,11H,5-6H2,1-2H3,(H,17,18)(H2,15,16,19). The van der Waals surface area contributed by atoms with Crippen molar-refractivity contribution in [3.05, 3.63) is 28.2 Å². The first-order valence-corrected chi connectivity index (χ1v) is 8.18. The van der Waals surface area contributed by atoms with Gasteiger partial charge in [0.15, 0.2) is 0 Å². The lowest BCUT2D eigenvalue weighted by molar-refractivity contribution is -0.139. The lowest BCUT2D eigenvalue weighted by Gasteiger charge is -2.15. The molecule has 20 heavy (non-hydrogen) atoms. The molecule has 0 saturated heterocycles. The zero-order valence-electron chi connectivity index (χ0n) is 11.3. The number of amides is 2. The van der Waals surface area contributed by atoms with Crippen molar-refractivity contribution in [2.24, 2.45) is 0 Å². The summed E-state index contributed by atoms with van der Waals surface area (Å²) in [6, 6.07) is 4.09. The van der Waals surface area contributed by atoms with Gasteiger partial charge in [-0.05, 0) is 59.0 Å². The highest BCUT2D eigenvalue weighted by atomic mass is 79.9. The maximum atomic E-state index is 11.8. The van der Waals surface area contributed by atoms with Crippen molar-refractivity contribution < 1.29 is 14.7 Å². The largest absolute Gasteiger partial charge is 0.480 e. The molecule has 0 aliphatic rings. The number of carbonyl (C=O) groups excluding carboxylic acids is 1. The second-order valence-corrected chi connectivity index (χ2v) is 6.09. The van der Waals surface area contributed by atoms with E-state index < -0.39 is 18.0 Å². The van der Waals surface area contributed by atoms with Crippen molar-refractivity contribution in [1.29, 1.82) is 0 Å². The van der Waals surface area contributed by atoms with Crippen LogP contribution in [0, 0.1) is 6.92 Å². The second-order valence-electron chi connectivity index (χ2n) is 4.25. The number of benzene rings is 1. The summed E-state index contributed by atoms with van der Waals surface area (Å²) in [4.78, 5) is 22.9. The van der Waals surface area contributed by atoms with Gasteiger partial charge in [-0.2, -0.15) is 11.8 Å². The number of hydrogen-bond donors (Lipinski definition) is 3. The molecule has 0 saturated carbocycles. The molecule has 0 heterocycles. The third kappa shape index (κ3) is 5.42. The monoisotopic (exact) mass is 360 g/mol. The van der Waals surface area contributed by atoms with E-state index in [9.17, 15) is 9.59 Å². The fraction of sp³-hybridized carbons (Fsp3) is 0.385. The van der Waals surface area contributed by atoms with E-state index in [4.69, 9.17) is 5.11 Å². The molecule has 110 valence electrons. The molecule has 7 heteroatoms. The molecule has 1 rings (SSSR count). The molecule has 1 aromatic carbocycles. The third-order valence-electron chi connectivity index (χ3n) is 2.59. The first-order valence-electron chi connectivity index (χ1n) is 5.99. The fourth-order valence-corrected chi connectivity index (χ4v) is 2.60. The van der Waals surface area contributed by atoms with Crippen molar-refractivity contribution >= 4 is 45.4 Å². The maximum Gasteiger partial charge on any atom is 0.326 e. The highest BCUT2D eigenvalue weighted by Crippen LogP contribution is 2.23. The molecule has 0 aliphatic heterocycles. The molecule has 0 spiro atoms. The minimum absolute atomic E-state index is 0.388. The van der Waals surface area contributed by atoms with Crippen LogP contribution in [0.5, 0.6) is 0 Å². The average Bonchev–Trinajstić information content (AvgIpc) is 2.37. The number of aliphatic carboxylic acids is 1. The first-order chi connectivity index (χ1) is 9.43. The van der Waals surface area contributed by atoms with E-state index >= 15 is 0 Å². The van der Waals surface area contributed by atoms with Crippen LogP contribution in [0.3, 0.4) is 0 Å². The lowest BCUT2D eigenvalue weighted by Crippen LogP contribution is -2.43. The number of rotatable bonds is 6. The lowest BCUT2D eigenvalue weighted by atomic mass is 10.2. The number of carboxylic acid groups (broad SMARTS) is 1. The summed E-state index contributed by atoms with van der Waals surface area (Å²) in [6.07, 6.45) is 2.28. The van der Waals surface area contributed by atoms with Gasteiger partial charge in [-0.1, -0.05) is 6.07 Å². The van der Waals surface area contributed by atoms with Gasteiger partial charge in [0.25, 0.3) is 0 Å². The van der Waals surface area contributed by atoms with Gasteiger partial charge in [-0.3, -0.25) is 0 Å². The molecule has 0 radical (unpaired) electrons.